The highest BCUT2D eigenvalue weighted by Gasteiger charge is 2.46. The lowest BCUT2D eigenvalue weighted by Crippen LogP contribution is -2.42. The molecular weight excluding hydrogens is 462 g/mol. The molecule has 8 heteroatoms. The Hall–Kier alpha value is -3.32. The predicted octanol–water partition coefficient (Wildman–Crippen LogP) is 5.54. The van der Waals surface area contributed by atoms with Gasteiger partial charge in [-0.05, 0) is 61.4 Å². The maximum absolute atomic E-state index is 14.0. The van der Waals surface area contributed by atoms with Crippen LogP contribution in [0.15, 0.2) is 53.2 Å². The van der Waals surface area contributed by atoms with E-state index < -0.39 is 0 Å². The van der Waals surface area contributed by atoms with Gasteiger partial charge in [0, 0.05) is 42.5 Å². The average Bonchev–Trinajstić information content (AvgIpc) is 3.61. The van der Waals surface area contributed by atoms with Crippen LogP contribution in [0.3, 0.4) is 0 Å². The quantitative estimate of drug-likeness (QED) is 0.398. The van der Waals surface area contributed by atoms with Crippen LogP contribution in [0.4, 0.5) is 6.01 Å². The zero-order valence-electron chi connectivity index (χ0n) is 19.9. The van der Waals surface area contributed by atoms with E-state index in [1.165, 1.54) is 12.8 Å². The average molecular weight is 490 g/mol. The molecule has 4 aromatic rings. The number of amides is 1. The van der Waals surface area contributed by atoms with Gasteiger partial charge in [0.25, 0.3) is 11.9 Å². The Kier molecular flexibility index (Phi) is 5.52. The van der Waals surface area contributed by atoms with E-state index in [4.69, 9.17) is 16.0 Å². The Balaban J connectivity index is 1.29. The number of nitrogens with zero attached hydrogens (tertiary/aromatic N) is 4. The van der Waals surface area contributed by atoms with Gasteiger partial charge in [0.05, 0.1) is 12.2 Å². The molecule has 2 aromatic carbocycles. The first-order valence-electron chi connectivity index (χ1n) is 12.2. The summed E-state index contributed by atoms with van der Waals surface area (Å²) in [7, 11) is 1.89. The minimum absolute atomic E-state index is 0.0795. The molecule has 0 radical (unpaired) electrons. The highest BCUT2D eigenvalue weighted by Crippen LogP contribution is 2.43. The SMILES string of the molecule is Cc1ccc(-c2cnn(C)c2)c(C(=O)N2CC3CCCC3C2CNc2nc3cc(Cl)ccc3o2)c1. The number of nitrogens with one attached hydrogen (secondary N) is 1. The van der Waals surface area contributed by atoms with Crippen molar-refractivity contribution in [3.63, 3.8) is 0 Å². The lowest BCUT2D eigenvalue weighted by Gasteiger charge is -2.29. The molecule has 2 aromatic heterocycles. The zero-order valence-corrected chi connectivity index (χ0v) is 20.6. The van der Waals surface area contributed by atoms with Crippen LogP contribution >= 0.6 is 11.6 Å². The van der Waals surface area contributed by atoms with Crippen molar-refractivity contribution in [2.24, 2.45) is 18.9 Å². The van der Waals surface area contributed by atoms with Crippen LogP contribution < -0.4 is 5.32 Å². The number of aryl methyl sites for hydroxylation is 2. The van der Waals surface area contributed by atoms with E-state index in [2.05, 4.69) is 26.4 Å². The van der Waals surface area contributed by atoms with Crippen molar-refractivity contribution in [3.05, 3.63) is 64.9 Å². The van der Waals surface area contributed by atoms with Crippen LogP contribution in [0.2, 0.25) is 5.02 Å². The summed E-state index contributed by atoms with van der Waals surface area (Å²) < 4.78 is 7.64. The third kappa shape index (κ3) is 4.08. The summed E-state index contributed by atoms with van der Waals surface area (Å²) in [6.07, 6.45) is 7.32. The van der Waals surface area contributed by atoms with Crippen molar-refractivity contribution >= 4 is 34.6 Å². The fourth-order valence-electron chi connectivity index (χ4n) is 5.88. The van der Waals surface area contributed by atoms with Crippen molar-refractivity contribution in [3.8, 4) is 11.1 Å². The number of aromatic nitrogens is 3. The van der Waals surface area contributed by atoms with Gasteiger partial charge in [0.15, 0.2) is 5.58 Å². The Morgan fingerprint density at radius 2 is 2.11 bits per heavy atom. The lowest BCUT2D eigenvalue weighted by atomic mass is 9.93. The van der Waals surface area contributed by atoms with Crippen molar-refractivity contribution in [2.45, 2.75) is 32.2 Å². The molecule has 1 aliphatic carbocycles. The second-order valence-electron chi connectivity index (χ2n) is 9.84. The molecule has 0 bridgehead atoms. The minimum Gasteiger partial charge on any atom is -0.424 e. The summed E-state index contributed by atoms with van der Waals surface area (Å²) in [5.74, 6) is 1.11. The number of halogens is 1. The number of fused-ring (bicyclic) bond motifs is 2. The summed E-state index contributed by atoms with van der Waals surface area (Å²) in [4.78, 5) is 20.7. The number of carbonyl (C=O) groups is 1. The van der Waals surface area contributed by atoms with E-state index in [1.807, 2.05) is 44.6 Å². The van der Waals surface area contributed by atoms with Crippen LogP contribution in [-0.4, -0.2) is 44.7 Å². The van der Waals surface area contributed by atoms with Crippen molar-refractivity contribution in [2.75, 3.05) is 18.4 Å². The standard InChI is InChI=1S/C27H28ClN5O2/c1-16-6-8-20(18-12-30-32(2)14-18)22(10-16)26(34)33-15-17-4-3-5-21(17)24(33)13-29-27-31-23-11-19(28)7-9-25(23)35-27/h6-12,14,17,21,24H,3-5,13,15H2,1-2H3,(H,29,31). The summed E-state index contributed by atoms with van der Waals surface area (Å²) in [5.41, 5.74) is 5.10. The highest BCUT2D eigenvalue weighted by molar-refractivity contribution is 6.31. The Labute approximate surface area is 209 Å². The van der Waals surface area contributed by atoms with Crippen molar-refractivity contribution < 1.29 is 9.21 Å². The first-order chi connectivity index (χ1) is 17.0. The fraction of sp³-hybridized carbons (Fsp3) is 0.370. The van der Waals surface area contributed by atoms with E-state index in [9.17, 15) is 4.79 Å². The lowest BCUT2D eigenvalue weighted by molar-refractivity contribution is 0.0722. The van der Waals surface area contributed by atoms with E-state index >= 15 is 0 Å². The number of oxazole rings is 1. The number of benzene rings is 2. The van der Waals surface area contributed by atoms with Gasteiger partial charge in [0.1, 0.15) is 5.52 Å². The molecule has 0 spiro atoms. The number of likely N-dealkylation sites (tertiary alicyclic amines) is 1. The molecular formula is C27H28ClN5O2. The molecule has 1 N–H and O–H groups in total. The van der Waals surface area contributed by atoms with Crippen molar-refractivity contribution in [1.29, 1.82) is 0 Å². The first-order valence-corrected chi connectivity index (χ1v) is 12.5. The normalized spacial score (nSPS) is 21.6. The molecule has 2 aliphatic rings. The number of carbonyl (C=O) groups excluding carboxylic acids is 1. The van der Waals surface area contributed by atoms with Crippen LogP contribution in [-0.2, 0) is 7.05 Å². The molecule has 6 rings (SSSR count). The largest absolute Gasteiger partial charge is 0.424 e. The molecule has 3 heterocycles. The number of hydrogen-bond donors (Lipinski definition) is 1. The number of hydrogen-bond acceptors (Lipinski definition) is 5. The zero-order chi connectivity index (χ0) is 24.1. The molecule has 1 saturated heterocycles. The van der Waals surface area contributed by atoms with Gasteiger partial charge in [-0.1, -0.05) is 35.7 Å². The fourth-order valence-corrected chi connectivity index (χ4v) is 6.05. The minimum atomic E-state index is 0.0795. The van der Waals surface area contributed by atoms with E-state index in [0.29, 0.717) is 35.0 Å². The van der Waals surface area contributed by atoms with Gasteiger partial charge in [0.2, 0.25) is 0 Å². The topological polar surface area (TPSA) is 76.2 Å². The second-order valence-corrected chi connectivity index (χ2v) is 10.3. The van der Waals surface area contributed by atoms with Crippen LogP contribution in [0.5, 0.6) is 0 Å². The summed E-state index contributed by atoms with van der Waals surface area (Å²) >= 11 is 6.10. The monoisotopic (exact) mass is 489 g/mol. The predicted molar refractivity (Wildman–Crippen MR) is 137 cm³/mol. The van der Waals surface area contributed by atoms with Gasteiger partial charge in [-0.15, -0.1) is 0 Å². The number of rotatable bonds is 5. The molecule has 3 atom stereocenters. The smallest absolute Gasteiger partial charge is 0.295 e. The summed E-state index contributed by atoms with van der Waals surface area (Å²) in [6.45, 7) is 3.42. The van der Waals surface area contributed by atoms with E-state index in [0.717, 1.165) is 40.7 Å². The van der Waals surface area contributed by atoms with E-state index in [-0.39, 0.29) is 11.9 Å². The maximum atomic E-state index is 14.0. The summed E-state index contributed by atoms with van der Waals surface area (Å²) in [5, 5.41) is 8.32. The molecule has 1 amide bonds. The van der Waals surface area contributed by atoms with E-state index in [1.54, 1.807) is 16.8 Å². The number of anilines is 1. The Morgan fingerprint density at radius 1 is 1.23 bits per heavy atom. The first kappa shape index (κ1) is 22.2. The van der Waals surface area contributed by atoms with Gasteiger partial charge < -0.3 is 14.6 Å². The molecule has 1 aliphatic heterocycles. The molecule has 7 nitrogen and oxygen atoms in total. The Bertz CT molecular complexity index is 1410. The van der Waals surface area contributed by atoms with Gasteiger partial charge in [-0.2, -0.15) is 10.1 Å². The maximum Gasteiger partial charge on any atom is 0.295 e. The molecule has 180 valence electrons. The third-order valence-corrected chi connectivity index (χ3v) is 7.77. The molecule has 35 heavy (non-hydrogen) atoms. The second kappa shape index (κ2) is 8.72. The highest BCUT2D eigenvalue weighted by atomic mass is 35.5. The van der Waals surface area contributed by atoms with Crippen LogP contribution in [0, 0.1) is 18.8 Å². The third-order valence-electron chi connectivity index (χ3n) is 7.54. The molecule has 2 fully saturated rings. The molecule has 1 saturated carbocycles. The van der Waals surface area contributed by atoms with Crippen LogP contribution in [0.1, 0.15) is 35.2 Å². The van der Waals surface area contributed by atoms with Crippen LogP contribution in [0.25, 0.3) is 22.2 Å². The molecule has 3 unspecified atom stereocenters. The van der Waals surface area contributed by atoms with Gasteiger partial charge >= 0.3 is 0 Å². The van der Waals surface area contributed by atoms with Crippen molar-refractivity contribution in [1.82, 2.24) is 19.7 Å². The Morgan fingerprint density at radius 3 is 2.94 bits per heavy atom. The van der Waals surface area contributed by atoms with Gasteiger partial charge in [-0.3, -0.25) is 9.48 Å². The summed E-state index contributed by atoms with van der Waals surface area (Å²) in [6, 6.07) is 12.0. The van der Waals surface area contributed by atoms with Gasteiger partial charge in [-0.25, -0.2) is 0 Å².